The molecular formula is C48H76O14P2. The van der Waals surface area contributed by atoms with E-state index >= 15 is 0 Å². The highest BCUT2D eigenvalue weighted by Gasteiger charge is 2.28. The topological polar surface area (TPSA) is 216 Å². The molecule has 0 saturated carbocycles. The fourth-order valence-electron chi connectivity index (χ4n) is 5.04. The lowest BCUT2D eigenvalue weighted by Crippen LogP contribution is -2.30. The minimum Gasteiger partial charge on any atom is -0.462 e. The van der Waals surface area contributed by atoms with Crippen LogP contribution in [0, 0.1) is 0 Å². The molecule has 0 aromatic rings. The number of aliphatic hydroxyl groups is 2. The van der Waals surface area contributed by atoms with E-state index in [-0.39, 0.29) is 19.3 Å². The van der Waals surface area contributed by atoms with Crippen molar-refractivity contribution in [3.8, 4) is 0 Å². The number of carbonyl (C=O) groups is 2. The van der Waals surface area contributed by atoms with Crippen LogP contribution < -0.4 is 0 Å². The maximum atomic E-state index is 12.7. The van der Waals surface area contributed by atoms with E-state index in [0.717, 1.165) is 51.4 Å². The van der Waals surface area contributed by atoms with Crippen LogP contribution in [-0.4, -0.2) is 81.6 Å². The predicted molar refractivity (Wildman–Crippen MR) is 254 cm³/mol. The van der Waals surface area contributed by atoms with Crippen LogP contribution in [0.1, 0.15) is 123 Å². The van der Waals surface area contributed by atoms with Gasteiger partial charge < -0.3 is 34.4 Å². The van der Waals surface area contributed by atoms with Crippen LogP contribution >= 0.6 is 15.6 Å². The number of rotatable bonds is 40. The Morgan fingerprint density at radius 1 is 0.531 bits per heavy atom. The average molecular weight is 939 g/mol. The highest BCUT2D eigenvalue weighted by Crippen LogP contribution is 2.43. The zero-order valence-corrected chi connectivity index (χ0v) is 39.7. The normalized spacial score (nSPS) is 15.5. The van der Waals surface area contributed by atoms with Gasteiger partial charge in [-0.25, -0.2) is 9.13 Å². The standard InChI is InChI=1S/C48H76O14P2/c1-3-5-7-9-11-13-15-17-19-21-23-25-27-29-31-33-35-37-47(51)58-42-46(43-61-64(56,57)60-41-45(50)40-59-63(53,54)55)62-48(52)39-38-44(49)36-34-32-30-28-26-24-22-20-18-16-14-12-10-8-6-4-2/h6,8,11-14,17-20,23-26,29-32,34,36,44-46,49-50H,3-5,7,9-10,15-16,21-22,27-28,33,35,37-43H2,1-2H3,(H,56,57)(H2,53,54,55)/b8-6-,13-11-,14-12-,19-17-,20-18-,25-23-,26-24-,31-29-,32-30-,36-34-/t44?,45-,46+/m0/s1. The minimum atomic E-state index is -4.90. The summed E-state index contributed by atoms with van der Waals surface area (Å²) in [6.45, 7) is 1.26. The summed E-state index contributed by atoms with van der Waals surface area (Å²) >= 11 is 0. The first-order valence-electron chi connectivity index (χ1n) is 22.3. The predicted octanol–water partition coefficient (Wildman–Crippen LogP) is 10.6. The molecule has 0 bridgehead atoms. The van der Waals surface area contributed by atoms with Gasteiger partial charge in [0.25, 0.3) is 0 Å². The molecular weight excluding hydrogens is 862 g/mol. The average Bonchev–Trinajstić information content (AvgIpc) is 3.25. The van der Waals surface area contributed by atoms with Crippen LogP contribution in [0.5, 0.6) is 0 Å². The largest absolute Gasteiger partial charge is 0.472 e. The van der Waals surface area contributed by atoms with Crippen molar-refractivity contribution >= 4 is 27.6 Å². The molecule has 0 heterocycles. The van der Waals surface area contributed by atoms with E-state index in [0.29, 0.717) is 19.3 Å². The zero-order chi connectivity index (χ0) is 47.4. The second kappa shape index (κ2) is 42.1. The van der Waals surface area contributed by atoms with E-state index in [9.17, 15) is 33.8 Å². The number of aliphatic hydroxyl groups excluding tert-OH is 2. The Morgan fingerprint density at radius 3 is 1.55 bits per heavy atom. The van der Waals surface area contributed by atoms with Gasteiger partial charge in [-0.05, 0) is 83.5 Å². The third-order valence-corrected chi connectivity index (χ3v) is 9.88. The lowest BCUT2D eigenvalue weighted by Gasteiger charge is -2.20. The molecule has 0 aromatic carbocycles. The van der Waals surface area contributed by atoms with Gasteiger partial charge in [0, 0.05) is 12.8 Å². The second-order valence-corrected chi connectivity index (χ2v) is 17.1. The first-order valence-corrected chi connectivity index (χ1v) is 25.4. The third-order valence-electron chi connectivity index (χ3n) is 8.44. The van der Waals surface area contributed by atoms with Crippen LogP contribution in [-0.2, 0) is 41.8 Å². The summed E-state index contributed by atoms with van der Waals surface area (Å²) in [6.07, 6.45) is 49.5. The molecule has 16 heteroatoms. The molecule has 0 aliphatic rings. The maximum absolute atomic E-state index is 12.7. The Labute approximate surface area is 382 Å². The smallest absolute Gasteiger partial charge is 0.462 e. The summed E-state index contributed by atoms with van der Waals surface area (Å²) in [6, 6.07) is 0. The van der Waals surface area contributed by atoms with Crippen LogP contribution in [0.25, 0.3) is 0 Å². The molecule has 0 amide bonds. The fourth-order valence-corrected chi connectivity index (χ4v) is 6.19. The molecule has 64 heavy (non-hydrogen) atoms. The molecule has 0 rings (SSSR count). The van der Waals surface area contributed by atoms with E-state index in [1.807, 2.05) is 24.3 Å². The molecule has 0 radical (unpaired) electrons. The molecule has 362 valence electrons. The fraction of sp³-hybridized carbons (Fsp3) is 0.542. The number of unbranched alkanes of at least 4 members (excludes halogenated alkanes) is 4. The van der Waals surface area contributed by atoms with Crippen LogP contribution in [0.15, 0.2) is 122 Å². The Bertz CT molecular complexity index is 1600. The quantitative estimate of drug-likeness (QED) is 0.0127. The Kier molecular flexibility index (Phi) is 39.8. The Balaban J connectivity index is 4.85. The number of carbonyl (C=O) groups excluding carboxylic acids is 2. The van der Waals surface area contributed by atoms with Crippen molar-refractivity contribution in [1.82, 2.24) is 0 Å². The minimum absolute atomic E-state index is 0.00105. The van der Waals surface area contributed by atoms with Gasteiger partial charge in [-0.1, -0.05) is 148 Å². The summed E-state index contributed by atoms with van der Waals surface area (Å²) in [5.41, 5.74) is 0. The van der Waals surface area contributed by atoms with Gasteiger partial charge in [0.2, 0.25) is 0 Å². The van der Waals surface area contributed by atoms with Crippen molar-refractivity contribution in [3.63, 3.8) is 0 Å². The summed E-state index contributed by atoms with van der Waals surface area (Å²) in [5, 5.41) is 20.1. The number of esters is 2. The van der Waals surface area contributed by atoms with Crippen molar-refractivity contribution in [1.29, 1.82) is 0 Å². The number of phosphoric ester groups is 2. The number of ether oxygens (including phenoxy) is 2. The second-order valence-electron chi connectivity index (χ2n) is 14.4. The van der Waals surface area contributed by atoms with Crippen LogP contribution in [0.3, 0.4) is 0 Å². The SMILES string of the molecule is CC/C=C\C/C=C\C/C=C\C/C=C\C/C=C\C=C/C(O)CCC(=O)O[C@H](COC(=O)CCC/C=C\C/C=C\C/C=C\C/C=C\CCCCC)COP(=O)(O)OC[C@@H](O)COP(=O)(O)O. The van der Waals surface area contributed by atoms with Gasteiger partial charge in [0.1, 0.15) is 12.7 Å². The lowest BCUT2D eigenvalue weighted by atomic mass is 10.2. The van der Waals surface area contributed by atoms with Crippen molar-refractivity contribution in [2.24, 2.45) is 0 Å². The Morgan fingerprint density at radius 2 is 1.02 bits per heavy atom. The van der Waals surface area contributed by atoms with E-state index in [1.165, 1.54) is 25.3 Å². The van der Waals surface area contributed by atoms with Crippen molar-refractivity contribution in [3.05, 3.63) is 122 Å². The molecule has 14 nitrogen and oxygen atoms in total. The molecule has 0 aromatic heterocycles. The van der Waals surface area contributed by atoms with E-state index < -0.39 is 72.3 Å². The van der Waals surface area contributed by atoms with E-state index in [4.69, 9.17) is 23.8 Å². The summed E-state index contributed by atoms with van der Waals surface area (Å²) in [7, 11) is -9.80. The van der Waals surface area contributed by atoms with Gasteiger partial charge in [-0.2, -0.15) is 0 Å². The van der Waals surface area contributed by atoms with Crippen molar-refractivity contribution < 1.29 is 66.7 Å². The molecule has 5 N–H and O–H groups in total. The summed E-state index contributed by atoms with van der Waals surface area (Å²) in [5.74, 6) is -1.39. The van der Waals surface area contributed by atoms with Crippen molar-refractivity contribution in [2.45, 2.75) is 141 Å². The first-order chi connectivity index (χ1) is 30.8. The molecule has 0 aliphatic carbocycles. The van der Waals surface area contributed by atoms with Crippen LogP contribution in [0.4, 0.5) is 0 Å². The highest BCUT2D eigenvalue weighted by atomic mass is 31.2. The Hall–Kier alpha value is -3.52. The molecule has 2 unspecified atom stereocenters. The maximum Gasteiger partial charge on any atom is 0.472 e. The number of hydrogen-bond acceptors (Lipinski definition) is 11. The van der Waals surface area contributed by atoms with Crippen LogP contribution in [0.2, 0.25) is 0 Å². The molecule has 4 atom stereocenters. The van der Waals surface area contributed by atoms with Gasteiger partial charge >= 0.3 is 27.6 Å². The monoisotopic (exact) mass is 938 g/mol. The molecule has 0 spiro atoms. The first kappa shape index (κ1) is 60.5. The van der Waals surface area contributed by atoms with Gasteiger partial charge in [-0.15, -0.1) is 0 Å². The lowest BCUT2D eigenvalue weighted by molar-refractivity contribution is -0.161. The van der Waals surface area contributed by atoms with Gasteiger partial charge in [-0.3, -0.25) is 23.2 Å². The highest BCUT2D eigenvalue weighted by molar-refractivity contribution is 7.47. The van der Waals surface area contributed by atoms with Gasteiger partial charge in [0.15, 0.2) is 6.10 Å². The summed E-state index contributed by atoms with van der Waals surface area (Å²) < 4.78 is 47.5. The molecule has 0 aliphatic heterocycles. The van der Waals surface area contributed by atoms with E-state index in [2.05, 4.69) is 102 Å². The molecule has 0 saturated heterocycles. The third kappa shape index (κ3) is 45.1. The van der Waals surface area contributed by atoms with Gasteiger partial charge in [0.05, 0.1) is 25.9 Å². The zero-order valence-electron chi connectivity index (χ0n) is 37.9. The van der Waals surface area contributed by atoms with E-state index in [1.54, 1.807) is 12.2 Å². The molecule has 0 fully saturated rings. The summed E-state index contributed by atoms with van der Waals surface area (Å²) in [4.78, 5) is 52.7. The number of allylic oxidation sites excluding steroid dienone is 19. The van der Waals surface area contributed by atoms with Crippen molar-refractivity contribution in [2.75, 3.05) is 26.4 Å². The number of hydrogen-bond donors (Lipinski definition) is 5. The number of phosphoric acid groups is 2.